The Morgan fingerprint density at radius 1 is 1.62 bits per heavy atom. The minimum atomic E-state index is 0.139. The Kier molecular flexibility index (Phi) is 3.12. The zero-order valence-electron chi connectivity index (χ0n) is 9.68. The first-order chi connectivity index (χ1) is 7.65. The van der Waals surface area contributed by atoms with E-state index in [0.29, 0.717) is 11.7 Å². The molecule has 0 radical (unpaired) electrons. The molecule has 16 heavy (non-hydrogen) atoms. The molecule has 0 saturated heterocycles. The van der Waals surface area contributed by atoms with Crippen molar-refractivity contribution in [2.24, 2.45) is 13.0 Å². The van der Waals surface area contributed by atoms with Crippen LogP contribution < -0.4 is 0 Å². The van der Waals surface area contributed by atoms with Gasteiger partial charge in [-0.2, -0.15) is 4.80 Å². The Balaban J connectivity index is 1.98. The van der Waals surface area contributed by atoms with Crippen molar-refractivity contribution in [3.05, 3.63) is 17.5 Å². The average Bonchev–Trinajstić information content (AvgIpc) is 2.65. The fourth-order valence-corrected chi connectivity index (χ4v) is 1.87. The van der Waals surface area contributed by atoms with Gasteiger partial charge >= 0.3 is 0 Å². The number of Topliss-reactive ketones (excluding diaryl/α,β-unsaturated/α-hetero) is 1. The summed E-state index contributed by atoms with van der Waals surface area (Å²) in [5.41, 5.74) is 0.936. The second-order valence-corrected chi connectivity index (χ2v) is 4.40. The van der Waals surface area contributed by atoms with Crippen LogP contribution in [0.15, 0.2) is 11.6 Å². The summed E-state index contributed by atoms with van der Waals surface area (Å²) in [6.07, 6.45) is 5.33. The van der Waals surface area contributed by atoms with Crippen LogP contribution in [0.4, 0.5) is 0 Å². The molecule has 0 spiro atoms. The quantitative estimate of drug-likeness (QED) is 0.764. The Bertz CT molecular complexity index is 421. The number of hydrogen-bond acceptors (Lipinski definition) is 4. The van der Waals surface area contributed by atoms with Gasteiger partial charge in [0.25, 0.3) is 0 Å². The topological polar surface area (TPSA) is 60.7 Å². The molecule has 0 aliphatic heterocycles. The lowest BCUT2D eigenvalue weighted by atomic mass is 9.88. The summed E-state index contributed by atoms with van der Waals surface area (Å²) >= 11 is 0. The molecule has 1 heterocycles. The fourth-order valence-electron chi connectivity index (χ4n) is 1.87. The van der Waals surface area contributed by atoms with Crippen LogP contribution in [-0.2, 0) is 18.3 Å². The van der Waals surface area contributed by atoms with Crippen molar-refractivity contribution in [1.29, 1.82) is 0 Å². The Labute approximate surface area is 94.5 Å². The second-order valence-electron chi connectivity index (χ2n) is 4.40. The van der Waals surface area contributed by atoms with Crippen LogP contribution in [0.1, 0.15) is 32.0 Å². The summed E-state index contributed by atoms with van der Waals surface area (Å²) < 4.78 is 0. The van der Waals surface area contributed by atoms with Crippen molar-refractivity contribution >= 4 is 5.78 Å². The van der Waals surface area contributed by atoms with E-state index in [1.165, 1.54) is 4.80 Å². The molecule has 5 heteroatoms. The maximum absolute atomic E-state index is 11.9. The normalized spacial score (nSPS) is 20.6. The van der Waals surface area contributed by atoms with Crippen LogP contribution in [0.25, 0.3) is 0 Å². The van der Waals surface area contributed by atoms with Gasteiger partial charge in [-0.15, -0.1) is 10.2 Å². The number of ketones is 1. The maximum Gasteiger partial charge on any atom is 0.182 e. The molecule has 0 saturated carbocycles. The number of aryl methyl sites for hydroxylation is 1. The third-order valence-electron chi connectivity index (χ3n) is 2.90. The highest BCUT2D eigenvalue weighted by atomic mass is 16.1. The number of tetrazole rings is 1. The van der Waals surface area contributed by atoms with Crippen LogP contribution in [0.2, 0.25) is 0 Å². The lowest BCUT2D eigenvalue weighted by molar-refractivity contribution is -0.115. The standard InChI is InChI=1S/C11H16N4O/c1-8-3-5-9(6-4-8)10(16)7-11-12-14-15(2)13-11/h5,8H,3-4,6-7H2,1-2H3. The van der Waals surface area contributed by atoms with Gasteiger partial charge in [0, 0.05) is 0 Å². The minimum absolute atomic E-state index is 0.139. The van der Waals surface area contributed by atoms with Crippen molar-refractivity contribution in [2.45, 2.75) is 32.6 Å². The molecule has 86 valence electrons. The minimum Gasteiger partial charge on any atom is -0.294 e. The van der Waals surface area contributed by atoms with E-state index >= 15 is 0 Å². The van der Waals surface area contributed by atoms with E-state index in [9.17, 15) is 4.79 Å². The number of allylic oxidation sites excluding steroid dienone is 2. The zero-order chi connectivity index (χ0) is 11.5. The molecule has 1 aromatic heterocycles. The first kappa shape index (κ1) is 11.0. The highest BCUT2D eigenvalue weighted by molar-refractivity contribution is 5.96. The maximum atomic E-state index is 11.9. The predicted molar refractivity (Wildman–Crippen MR) is 58.6 cm³/mol. The molecule has 1 aromatic rings. The van der Waals surface area contributed by atoms with Crippen LogP contribution in [0.5, 0.6) is 0 Å². The number of aromatic nitrogens is 4. The number of nitrogens with zero attached hydrogens (tertiary/aromatic N) is 4. The van der Waals surface area contributed by atoms with E-state index in [2.05, 4.69) is 28.4 Å². The molecule has 5 nitrogen and oxygen atoms in total. The van der Waals surface area contributed by atoms with Crippen LogP contribution in [-0.4, -0.2) is 26.0 Å². The molecule has 1 unspecified atom stereocenters. The third kappa shape index (κ3) is 2.53. The summed E-state index contributed by atoms with van der Waals surface area (Å²) in [5.74, 6) is 1.35. The summed E-state index contributed by atoms with van der Waals surface area (Å²) in [4.78, 5) is 13.3. The lowest BCUT2D eigenvalue weighted by Crippen LogP contribution is -2.12. The van der Waals surface area contributed by atoms with Crippen LogP contribution in [0.3, 0.4) is 0 Å². The van der Waals surface area contributed by atoms with Gasteiger partial charge in [-0.3, -0.25) is 4.79 Å². The average molecular weight is 220 g/mol. The van der Waals surface area contributed by atoms with E-state index in [4.69, 9.17) is 0 Å². The Morgan fingerprint density at radius 2 is 2.44 bits per heavy atom. The van der Waals surface area contributed by atoms with Crippen molar-refractivity contribution in [1.82, 2.24) is 20.2 Å². The summed E-state index contributed by atoms with van der Waals surface area (Å²) in [6, 6.07) is 0. The van der Waals surface area contributed by atoms with Crippen molar-refractivity contribution in [3.8, 4) is 0 Å². The number of hydrogen-bond donors (Lipinski definition) is 0. The third-order valence-corrected chi connectivity index (χ3v) is 2.90. The molecule has 2 rings (SSSR count). The number of carbonyl (C=O) groups is 1. The Morgan fingerprint density at radius 3 is 3.00 bits per heavy atom. The van der Waals surface area contributed by atoms with Crippen molar-refractivity contribution in [2.75, 3.05) is 0 Å². The van der Waals surface area contributed by atoms with Crippen molar-refractivity contribution < 1.29 is 4.79 Å². The van der Waals surface area contributed by atoms with Crippen LogP contribution in [0, 0.1) is 5.92 Å². The van der Waals surface area contributed by atoms with Gasteiger partial charge in [0.1, 0.15) is 0 Å². The van der Waals surface area contributed by atoms with Crippen LogP contribution >= 0.6 is 0 Å². The fraction of sp³-hybridized carbons (Fsp3) is 0.636. The Hall–Kier alpha value is -1.52. The summed E-state index contributed by atoms with van der Waals surface area (Å²) in [7, 11) is 1.70. The molecular weight excluding hydrogens is 204 g/mol. The van der Waals surface area contributed by atoms with Gasteiger partial charge in [-0.05, 0) is 36.0 Å². The van der Waals surface area contributed by atoms with Gasteiger partial charge < -0.3 is 0 Å². The molecule has 0 N–H and O–H groups in total. The van der Waals surface area contributed by atoms with Crippen molar-refractivity contribution in [3.63, 3.8) is 0 Å². The smallest absolute Gasteiger partial charge is 0.182 e. The molecule has 0 aromatic carbocycles. The van der Waals surface area contributed by atoms with Gasteiger partial charge in [0.15, 0.2) is 11.6 Å². The number of carbonyl (C=O) groups excluding carboxylic acids is 1. The predicted octanol–water partition coefficient (Wildman–Crippen LogP) is 1.07. The first-order valence-electron chi connectivity index (χ1n) is 5.60. The van der Waals surface area contributed by atoms with E-state index in [-0.39, 0.29) is 12.2 Å². The molecular formula is C11H16N4O. The molecule has 0 fully saturated rings. The van der Waals surface area contributed by atoms with Gasteiger partial charge in [-0.25, -0.2) is 0 Å². The molecule has 0 bridgehead atoms. The second kappa shape index (κ2) is 4.55. The van der Waals surface area contributed by atoms with E-state index < -0.39 is 0 Å². The lowest BCUT2D eigenvalue weighted by Gasteiger charge is -2.16. The SMILES string of the molecule is CC1CC=C(C(=O)Cc2nnn(C)n2)CC1. The van der Waals surface area contributed by atoms with Gasteiger partial charge in [0.05, 0.1) is 13.5 Å². The molecule has 0 amide bonds. The monoisotopic (exact) mass is 220 g/mol. The van der Waals surface area contributed by atoms with Gasteiger partial charge in [-0.1, -0.05) is 13.0 Å². The van der Waals surface area contributed by atoms with E-state index in [1.807, 2.05) is 0 Å². The van der Waals surface area contributed by atoms with E-state index in [0.717, 1.165) is 24.8 Å². The molecule has 1 aliphatic rings. The van der Waals surface area contributed by atoms with E-state index in [1.54, 1.807) is 7.05 Å². The highest BCUT2D eigenvalue weighted by Gasteiger charge is 2.17. The number of rotatable bonds is 3. The first-order valence-corrected chi connectivity index (χ1v) is 5.60. The zero-order valence-corrected chi connectivity index (χ0v) is 9.68. The highest BCUT2D eigenvalue weighted by Crippen LogP contribution is 2.23. The molecule has 1 aliphatic carbocycles. The largest absolute Gasteiger partial charge is 0.294 e. The summed E-state index contributed by atoms with van der Waals surface area (Å²) in [5, 5.41) is 11.5. The molecule has 1 atom stereocenters. The van der Waals surface area contributed by atoms with Gasteiger partial charge in [0.2, 0.25) is 0 Å². The summed E-state index contributed by atoms with van der Waals surface area (Å²) in [6.45, 7) is 2.21.